The molecular formula is C20H16N4. The average molecular weight is 312 g/mol. The molecule has 1 heterocycles. The molecule has 0 fully saturated rings. The smallest absolute Gasteiger partial charge is 0.142 e. The Morgan fingerprint density at radius 2 is 1.79 bits per heavy atom. The summed E-state index contributed by atoms with van der Waals surface area (Å²) >= 11 is 0. The molecule has 0 aliphatic heterocycles. The van der Waals surface area contributed by atoms with E-state index in [0.29, 0.717) is 16.6 Å². The van der Waals surface area contributed by atoms with Crippen LogP contribution in [0.4, 0.5) is 5.82 Å². The summed E-state index contributed by atoms with van der Waals surface area (Å²) in [6.07, 6.45) is 0.814. The first-order chi connectivity index (χ1) is 11.7. The third-order valence-corrected chi connectivity index (χ3v) is 4.27. The summed E-state index contributed by atoms with van der Waals surface area (Å²) in [6, 6.07) is 19.8. The highest BCUT2D eigenvalue weighted by Gasteiger charge is 2.22. The monoisotopic (exact) mass is 312 g/mol. The number of nitriles is 2. The number of nitrogens with zero attached hydrogens (tertiary/aromatic N) is 3. The van der Waals surface area contributed by atoms with Crippen LogP contribution in [0.5, 0.6) is 0 Å². The maximum absolute atomic E-state index is 9.64. The zero-order chi connectivity index (χ0) is 17.1. The highest BCUT2D eigenvalue weighted by Crippen LogP contribution is 2.37. The zero-order valence-corrected chi connectivity index (χ0v) is 13.3. The highest BCUT2D eigenvalue weighted by atomic mass is 14.8. The summed E-state index contributed by atoms with van der Waals surface area (Å²) in [5.74, 6) is 0.194. The van der Waals surface area contributed by atoms with Crippen LogP contribution in [0.2, 0.25) is 0 Å². The minimum atomic E-state index is 0.0163. The van der Waals surface area contributed by atoms with Gasteiger partial charge in [0, 0.05) is 11.3 Å². The Balaban J connectivity index is 2.41. The van der Waals surface area contributed by atoms with E-state index in [4.69, 9.17) is 5.73 Å². The molecule has 0 saturated heterocycles. The van der Waals surface area contributed by atoms with Gasteiger partial charge in [0.05, 0.1) is 16.6 Å². The molecule has 3 rings (SSSR count). The lowest BCUT2D eigenvalue weighted by molar-refractivity contribution is 0.781. The largest absolute Gasteiger partial charge is 0.383 e. The molecule has 0 saturated carbocycles. The molecule has 0 aliphatic carbocycles. The Hall–Kier alpha value is -3.37. The maximum Gasteiger partial charge on any atom is 0.142 e. The molecule has 0 bridgehead atoms. The quantitative estimate of drug-likeness (QED) is 0.788. The minimum Gasteiger partial charge on any atom is -0.383 e. The number of nitrogen functional groups attached to an aromatic ring is 1. The van der Waals surface area contributed by atoms with Gasteiger partial charge in [-0.25, -0.2) is 4.98 Å². The zero-order valence-electron chi connectivity index (χ0n) is 13.3. The van der Waals surface area contributed by atoms with Gasteiger partial charge in [-0.15, -0.1) is 0 Å². The normalized spacial score (nSPS) is 11.6. The van der Waals surface area contributed by atoms with Crippen LogP contribution in [0, 0.1) is 22.7 Å². The summed E-state index contributed by atoms with van der Waals surface area (Å²) in [5.41, 5.74) is 9.44. The van der Waals surface area contributed by atoms with Crippen molar-refractivity contribution >= 4 is 16.7 Å². The Kier molecular flexibility index (Phi) is 4.14. The van der Waals surface area contributed by atoms with Crippen molar-refractivity contribution in [3.05, 3.63) is 70.8 Å². The van der Waals surface area contributed by atoms with Crippen molar-refractivity contribution < 1.29 is 0 Å². The van der Waals surface area contributed by atoms with Gasteiger partial charge in [0.1, 0.15) is 18.0 Å². The number of hydrogen-bond acceptors (Lipinski definition) is 4. The van der Waals surface area contributed by atoms with Gasteiger partial charge in [-0.1, -0.05) is 49.4 Å². The van der Waals surface area contributed by atoms with Crippen molar-refractivity contribution in [2.45, 2.75) is 19.3 Å². The van der Waals surface area contributed by atoms with E-state index in [1.165, 1.54) is 0 Å². The van der Waals surface area contributed by atoms with Crippen molar-refractivity contribution in [2.24, 2.45) is 0 Å². The molecule has 1 atom stereocenters. The van der Waals surface area contributed by atoms with Crippen LogP contribution in [0.25, 0.3) is 10.9 Å². The third-order valence-electron chi connectivity index (χ3n) is 4.27. The van der Waals surface area contributed by atoms with Crippen LogP contribution < -0.4 is 5.73 Å². The van der Waals surface area contributed by atoms with E-state index in [-0.39, 0.29) is 11.7 Å². The summed E-state index contributed by atoms with van der Waals surface area (Å²) < 4.78 is 0. The van der Waals surface area contributed by atoms with Crippen molar-refractivity contribution in [1.29, 1.82) is 10.5 Å². The van der Waals surface area contributed by atoms with Gasteiger partial charge in [0.2, 0.25) is 0 Å². The van der Waals surface area contributed by atoms with E-state index >= 15 is 0 Å². The molecule has 3 aromatic rings. The first-order valence-electron chi connectivity index (χ1n) is 7.78. The van der Waals surface area contributed by atoms with Gasteiger partial charge in [-0.3, -0.25) is 0 Å². The van der Waals surface area contributed by atoms with Gasteiger partial charge in [-0.2, -0.15) is 10.5 Å². The van der Waals surface area contributed by atoms with Crippen molar-refractivity contribution in [1.82, 2.24) is 4.98 Å². The molecule has 2 N–H and O–H groups in total. The number of rotatable bonds is 3. The molecule has 0 amide bonds. The number of benzene rings is 2. The van der Waals surface area contributed by atoms with Crippen LogP contribution >= 0.6 is 0 Å². The lowest BCUT2D eigenvalue weighted by atomic mass is 9.84. The highest BCUT2D eigenvalue weighted by molar-refractivity contribution is 5.91. The standard InChI is InChI=1S/C20H16N4/c1-2-15(13-7-4-3-5-8-13)18-16-10-6-9-14(11-21)19(16)24-20(23)17(18)12-22/h3-10,15H,2H2,1H3,(H2,23,24)/t15-/m1/s1. The van der Waals surface area contributed by atoms with E-state index in [9.17, 15) is 10.5 Å². The lowest BCUT2D eigenvalue weighted by Gasteiger charge is -2.20. The number of aromatic nitrogens is 1. The fourth-order valence-electron chi connectivity index (χ4n) is 3.19. The van der Waals surface area contributed by atoms with E-state index in [1.54, 1.807) is 6.07 Å². The summed E-state index contributed by atoms with van der Waals surface area (Å²) in [7, 11) is 0. The summed E-state index contributed by atoms with van der Waals surface area (Å²) in [5, 5.41) is 19.8. The predicted molar refractivity (Wildman–Crippen MR) is 94.2 cm³/mol. The Bertz CT molecular complexity index is 978. The molecule has 1 aromatic heterocycles. The first kappa shape index (κ1) is 15.5. The van der Waals surface area contributed by atoms with Crippen LogP contribution in [-0.2, 0) is 0 Å². The Labute approximate surface area is 140 Å². The fraction of sp³-hybridized carbons (Fsp3) is 0.150. The predicted octanol–water partition coefficient (Wildman–Crippen LogP) is 4.10. The van der Waals surface area contributed by atoms with Gasteiger partial charge in [0.15, 0.2) is 0 Å². The fourth-order valence-corrected chi connectivity index (χ4v) is 3.19. The van der Waals surface area contributed by atoms with Crippen LogP contribution in [0.3, 0.4) is 0 Å². The van der Waals surface area contributed by atoms with Crippen LogP contribution in [0.1, 0.15) is 41.5 Å². The van der Waals surface area contributed by atoms with E-state index in [2.05, 4.69) is 24.0 Å². The molecule has 0 radical (unpaired) electrons. The number of pyridine rings is 1. The van der Waals surface area contributed by atoms with Crippen LogP contribution in [-0.4, -0.2) is 4.98 Å². The second-order valence-electron chi connectivity index (χ2n) is 5.58. The molecular weight excluding hydrogens is 296 g/mol. The van der Waals surface area contributed by atoms with Gasteiger partial charge in [-0.05, 0) is 23.6 Å². The molecule has 4 nitrogen and oxygen atoms in total. The second-order valence-corrected chi connectivity index (χ2v) is 5.58. The van der Waals surface area contributed by atoms with E-state index < -0.39 is 0 Å². The Morgan fingerprint density at radius 1 is 1.04 bits per heavy atom. The molecule has 0 spiro atoms. The Morgan fingerprint density at radius 3 is 2.42 bits per heavy atom. The number of hydrogen-bond donors (Lipinski definition) is 1. The van der Waals surface area contributed by atoms with Gasteiger partial charge >= 0.3 is 0 Å². The van der Waals surface area contributed by atoms with Crippen molar-refractivity contribution in [3.8, 4) is 12.1 Å². The first-order valence-corrected chi connectivity index (χ1v) is 7.78. The molecule has 116 valence electrons. The van der Waals surface area contributed by atoms with Gasteiger partial charge in [0.25, 0.3) is 0 Å². The molecule has 4 heteroatoms. The number of fused-ring (bicyclic) bond motifs is 1. The topological polar surface area (TPSA) is 86.5 Å². The summed E-state index contributed by atoms with van der Waals surface area (Å²) in [6.45, 7) is 2.08. The SMILES string of the molecule is CC[C@H](c1ccccc1)c1c(C#N)c(N)nc2c(C#N)cccc12. The molecule has 2 aromatic carbocycles. The summed E-state index contributed by atoms with van der Waals surface area (Å²) in [4.78, 5) is 4.32. The van der Waals surface area contributed by atoms with Crippen molar-refractivity contribution in [2.75, 3.05) is 5.73 Å². The maximum atomic E-state index is 9.64. The number of para-hydroxylation sites is 1. The molecule has 24 heavy (non-hydrogen) atoms. The minimum absolute atomic E-state index is 0.0163. The van der Waals surface area contributed by atoms with E-state index in [1.807, 2.05) is 42.5 Å². The van der Waals surface area contributed by atoms with Crippen LogP contribution in [0.15, 0.2) is 48.5 Å². The average Bonchev–Trinajstić information content (AvgIpc) is 2.62. The van der Waals surface area contributed by atoms with E-state index in [0.717, 1.165) is 22.9 Å². The number of anilines is 1. The van der Waals surface area contributed by atoms with Crippen molar-refractivity contribution in [3.63, 3.8) is 0 Å². The third kappa shape index (κ3) is 2.45. The lowest BCUT2D eigenvalue weighted by Crippen LogP contribution is -2.08. The van der Waals surface area contributed by atoms with Gasteiger partial charge < -0.3 is 5.73 Å². The second kappa shape index (κ2) is 6.40. The molecule has 0 unspecified atom stereocenters. The number of nitrogens with two attached hydrogens (primary N) is 1. The molecule has 0 aliphatic rings.